The minimum Gasteiger partial charge on any atom is -0.458 e. The molecular weight excluding hydrogens is 589 g/mol. The van der Waals surface area contributed by atoms with Gasteiger partial charge in [-0.1, -0.05) is 69.2 Å². The number of hydrogen-bond acceptors (Lipinski definition) is 6. The predicted molar refractivity (Wildman–Crippen MR) is 146 cm³/mol. The van der Waals surface area contributed by atoms with Crippen molar-refractivity contribution in [2.24, 2.45) is 27.1 Å². The summed E-state index contributed by atoms with van der Waals surface area (Å²) in [6, 6.07) is 0. The zero-order valence-corrected chi connectivity index (χ0v) is 27.8. The average Bonchev–Trinajstić information content (AvgIpc) is 2.70. The normalized spacial score (nSPS) is 17.2. The quantitative estimate of drug-likeness (QED) is 0.136. The van der Waals surface area contributed by atoms with Gasteiger partial charge < -0.3 is 14.2 Å². The molecule has 0 radical (unpaired) electrons. The Morgan fingerprint density at radius 3 is 1.37 bits per heavy atom. The molecule has 0 aromatic rings. The number of carbonyl (C=O) groups is 3. The molecule has 43 heavy (non-hydrogen) atoms. The van der Waals surface area contributed by atoms with Crippen LogP contribution in [-0.4, -0.2) is 54.2 Å². The molecule has 0 heterocycles. The number of alkyl halides is 7. The fourth-order valence-corrected chi connectivity index (χ4v) is 4.69. The van der Waals surface area contributed by atoms with Gasteiger partial charge in [0.15, 0.2) is 6.61 Å². The third-order valence-corrected chi connectivity index (χ3v) is 8.25. The van der Waals surface area contributed by atoms with Crippen LogP contribution in [0.5, 0.6) is 0 Å². The summed E-state index contributed by atoms with van der Waals surface area (Å²) in [4.78, 5) is 38.8. The number of ether oxygens (including phenoxy) is 3. The summed E-state index contributed by atoms with van der Waals surface area (Å²) in [5.41, 5.74) is -9.57. The Morgan fingerprint density at radius 1 is 0.628 bits per heavy atom. The van der Waals surface area contributed by atoms with E-state index in [0.717, 1.165) is 0 Å². The van der Waals surface area contributed by atoms with Crippen LogP contribution in [0.3, 0.4) is 0 Å². The van der Waals surface area contributed by atoms with Crippen LogP contribution in [0.15, 0.2) is 0 Å². The minimum atomic E-state index is -5.94. The smallest absolute Gasteiger partial charge is 0.434 e. The van der Waals surface area contributed by atoms with Crippen LogP contribution < -0.4 is 0 Å². The van der Waals surface area contributed by atoms with E-state index in [9.17, 15) is 40.7 Å². The fraction of sp³-hybridized carbons (Fsp3) is 0.900. The van der Waals surface area contributed by atoms with Gasteiger partial charge in [-0.3, -0.25) is 4.79 Å². The van der Waals surface area contributed by atoms with Crippen LogP contribution in [0.4, 0.5) is 30.7 Å². The molecule has 0 aliphatic rings. The fourth-order valence-electron chi connectivity index (χ4n) is 4.69. The van der Waals surface area contributed by atoms with E-state index in [1.807, 2.05) is 0 Å². The van der Waals surface area contributed by atoms with E-state index in [2.05, 4.69) is 4.74 Å². The molecule has 13 heteroatoms. The van der Waals surface area contributed by atoms with Gasteiger partial charge in [0.25, 0.3) is 6.10 Å². The maximum Gasteiger partial charge on any atom is 0.434 e. The molecule has 0 aromatic carbocycles. The lowest BCUT2D eigenvalue weighted by Crippen LogP contribution is -2.59. The Kier molecular flexibility index (Phi) is 11.8. The van der Waals surface area contributed by atoms with E-state index >= 15 is 4.39 Å². The first kappa shape index (κ1) is 40.9. The molecule has 0 saturated carbocycles. The second kappa shape index (κ2) is 12.4. The molecule has 0 N–H and O–H groups in total. The number of rotatable bonds is 10. The van der Waals surface area contributed by atoms with Crippen LogP contribution in [0, 0.1) is 27.1 Å². The number of carbonyl (C=O) groups excluding carboxylic acids is 3. The van der Waals surface area contributed by atoms with Gasteiger partial charge in [-0.25, -0.2) is 14.0 Å². The molecule has 254 valence electrons. The molecule has 6 nitrogen and oxygen atoms in total. The largest absolute Gasteiger partial charge is 0.458 e. The van der Waals surface area contributed by atoms with Crippen LogP contribution in [-0.2, 0) is 28.6 Å². The summed E-state index contributed by atoms with van der Waals surface area (Å²) in [5, 5.41) is 0. The van der Waals surface area contributed by atoms with Gasteiger partial charge in [-0.05, 0) is 56.8 Å². The van der Waals surface area contributed by atoms with E-state index < -0.39 is 81.3 Å². The van der Waals surface area contributed by atoms with Gasteiger partial charge >= 0.3 is 30.3 Å². The van der Waals surface area contributed by atoms with Gasteiger partial charge in [0.05, 0.1) is 5.41 Å². The topological polar surface area (TPSA) is 78.9 Å². The lowest BCUT2D eigenvalue weighted by Gasteiger charge is -2.54. The molecule has 0 spiro atoms. The van der Waals surface area contributed by atoms with Gasteiger partial charge in [-0.15, -0.1) is 0 Å². The number of halogens is 7. The highest BCUT2D eigenvalue weighted by molar-refractivity contribution is 5.82. The molecule has 0 saturated heterocycles. The zero-order chi connectivity index (χ0) is 35.1. The summed E-state index contributed by atoms with van der Waals surface area (Å²) >= 11 is 0. The summed E-state index contributed by atoms with van der Waals surface area (Å²) in [5.74, 6) is -4.27. The maximum atomic E-state index is 17.3. The van der Waals surface area contributed by atoms with E-state index in [-0.39, 0.29) is 12.8 Å². The Morgan fingerprint density at radius 2 is 1.05 bits per heavy atom. The number of esters is 3. The van der Waals surface area contributed by atoms with Crippen molar-refractivity contribution in [2.45, 2.75) is 140 Å². The second-order valence-corrected chi connectivity index (χ2v) is 15.8. The van der Waals surface area contributed by atoms with Crippen molar-refractivity contribution >= 4 is 17.9 Å². The van der Waals surface area contributed by atoms with Crippen molar-refractivity contribution in [1.29, 1.82) is 0 Å². The molecule has 0 rings (SSSR count). The lowest BCUT2D eigenvalue weighted by atomic mass is 9.50. The van der Waals surface area contributed by atoms with E-state index in [1.54, 1.807) is 76.2 Å². The monoisotopic (exact) mass is 638 g/mol. The first-order valence-electron chi connectivity index (χ1n) is 13.9. The highest BCUT2D eigenvalue weighted by atomic mass is 19.4. The van der Waals surface area contributed by atoms with Gasteiger partial charge in [0.2, 0.25) is 5.67 Å². The molecule has 0 amide bonds. The van der Waals surface area contributed by atoms with Crippen molar-refractivity contribution in [1.82, 2.24) is 0 Å². The molecule has 0 bridgehead atoms. The van der Waals surface area contributed by atoms with Crippen molar-refractivity contribution in [3.8, 4) is 0 Å². The zero-order valence-electron chi connectivity index (χ0n) is 27.8. The summed E-state index contributed by atoms with van der Waals surface area (Å²) in [7, 11) is 0. The summed E-state index contributed by atoms with van der Waals surface area (Å²) < 4.78 is 108. The SMILES string of the molecule is CC(C)(C)CC(F)(C(=O)OC(C)(C)C)C(C)(C)C(C)(C)CC(C)(C(=O)OCC(=O)OC(C(F)(F)F)C(F)(F)F)C(C)(C)C. The molecule has 2 atom stereocenters. The van der Waals surface area contributed by atoms with Crippen LogP contribution in [0.1, 0.15) is 110 Å². The number of hydrogen-bond donors (Lipinski definition) is 0. The minimum absolute atomic E-state index is 0.170. The molecule has 0 fully saturated rings. The van der Waals surface area contributed by atoms with Crippen molar-refractivity contribution < 1.29 is 59.3 Å². The average molecular weight is 639 g/mol. The van der Waals surface area contributed by atoms with Crippen LogP contribution in [0.25, 0.3) is 0 Å². The second-order valence-electron chi connectivity index (χ2n) is 15.8. The van der Waals surface area contributed by atoms with Crippen molar-refractivity contribution in [3.63, 3.8) is 0 Å². The van der Waals surface area contributed by atoms with E-state index in [4.69, 9.17) is 9.47 Å². The highest BCUT2D eigenvalue weighted by Gasteiger charge is 2.64. The van der Waals surface area contributed by atoms with Gasteiger partial charge in [0, 0.05) is 5.41 Å². The summed E-state index contributed by atoms with van der Waals surface area (Å²) in [6.45, 7) is 21.2. The molecular formula is C30H49F7O6. The molecule has 0 aromatic heterocycles. The third-order valence-electron chi connectivity index (χ3n) is 8.25. The first-order chi connectivity index (χ1) is 18.4. The maximum absolute atomic E-state index is 17.3. The third kappa shape index (κ3) is 10.2. The highest BCUT2D eigenvalue weighted by Crippen LogP contribution is 2.59. The standard InChI is InChI=1S/C30H49F7O6/c1-22(2,3)16-28(31,21(40)43-24(7,8)9)26(12,13)25(10,11)17-27(14,23(4,5)6)20(39)41-15-18(38)42-19(29(32,33)34)30(35,36)37/h19H,15-17H2,1-14H3. The Bertz CT molecular complexity index is 996. The van der Waals surface area contributed by atoms with Crippen molar-refractivity contribution in [2.75, 3.05) is 6.61 Å². The predicted octanol–water partition coefficient (Wildman–Crippen LogP) is 8.55. The molecule has 2 unspecified atom stereocenters. The van der Waals surface area contributed by atoms with Crippen LogP contribution in [0.2, 0.25) is 0 Å². The Hall–Kier alpha value is -2.08. The van der Waals surface area contributed by atoms with Crippen molar-refractivity contribution in [3.05, 3.63) is 0 Å². The first-order valence-corrected chi connectivity index (χ1v) is 13.9. The van der Waals surface area contributed by atoms with Gasteiger partial charge in [-0.2, -0.15) is 26.3 Å². The molecule has 0 aliphatic heterocycles. The van der Waals surface area contributed by atoms with E-state index in [0.29, 0.717) is 0 Å². The lowest BCUT2D eigenvalue weighted by molar-refractivity contribution is -0.313. The summed E-state index contributed by atoms with van der Waals surface area (Å²) in [6.07, 6.45) is -16.7. The van der Waals surface area contributed by atoms with Crippen LogP contribution >= 0.6 is 0 Å². The Labute approximate surface area is 250 Å². The Balaban J connectivity index is 6.49. The van der Waals surface area contributed by atoms with Gasteiger partial charge in [0.1, 0.15) is 5.60 Å². The van der Waals surface area contributed by atoms with E-state index in [1.165, 1.54) is 20.8 Å². The molecule has 0 aliphatic carbocycles.